The van der Waals surface area contributed by atoms with Crippen LogP contribution in [0.4, 0.5) is 15.9 Å². The van der Waals surface area contributed by atoms with E-state index in [1.54, 1.807) is 19.2 Å². The lowest BCUT2D eigenvalue weighted by molar-refractivity contribution is 0.223. The summed E-state index contributed by atoms with van der Waals surface area (Å²) in [6, 6.07) is 6.97. The molecule has 5 rings (SSSR count). The summed E-state index contributed by atoms with van der Waals surface area (Å²) in [6.45, 7) is 6.48. The highest BCUT2D eigenvalue weighted by molar-refractivity contribution is 9.10. The summed E-state index contributed by atoms with van der Waals surface area (Å²) in [5.74, 6) is 3.29. The molecule has 1 aliphatic heterocycles. The zero-order valence-electron chi connectivity index (χ0n) is 19.6. The predicted molar refractivity (Wildman–Crippen MR) is 143 cm³/mol. The number of anilines is 2. The van der Waals surface area contributed by atoms with E-state index in [-0.39, 0.29) is 23.1 Å². The molecule has 0 amide bonds. The Kier molecular flexibility index (Phi) is 8.26. The first-order valence-electron chi connectivity index (χ1n) is 11.5. The van der Waals surface area contributed by atoms with Crippen molar-refractivity contribution in [3.8, 4) is 11.5 Å². The Morgan fingerprint density at radius 1 is 1.17 bits per heavy atom. The third kappa shape index (κ3) is 5.31. The van der Waals surface area contributed by atoms with Crippen LogP contribution >= 0.6 is 39.9 Å². The van der Waals surface area contributed by atoms with E-state index < -0.39 is 5.82 Å². The predicted octanol–water partition coefficient (Wildman–Crippen LogP) is 6.72. The molecule has 3 aromatic rings. The minimum absolute atomic E-state index is 0. The molecule has 1 aromatic heterocycles. The molecule has 2 aliphatic rings. The van der Waals surface area contributed by atoms with Gasteiger partial charge in [-0.05, 0) is 71.3 Å². The molecule has 1 aliphatic carbocycles. The maximum absolute atomic E-state index is 14.6. The smallest absolute Gasteiger partial charge is 0.166 e. The van der Waals surface area contributed by atoms with Crippen molar-refractivity contribution >= 4 is 62.3 Å². The quantitative estimate of drug-likeness (QED) is 0.311. The summed E-state index contributed by atoms with van der Waals surface area (Å²) in [6.07, 6.45) is 3.88. The summed E-state index contributed by atoms with van der Waals surface area (Å²) in [5, 5.41) is 3.73. The third-order valence-corrected chi connectivity index (χ3v) is 8.31. The highest BCUT2D eigenvalue weighted by Gasteiger charge is 2.40. The van der Waals surface area contributed by atoms with Crippen molar-refractivity contribution in [1.29, 1.82) is 0 Å². The van der Waals surface area contributed by atoms with Gasteiger partial charge in [-0.2, -0.15) is 0 Å². The lowest BCUT2D eigenvalue weighted by atomic mass is 10.0. The van der Waals surface area contributed by atoms with Gasteiger partial charge in [-0.25, -0.2) is 14.4 Å². The molecule has 2 fully saturated rings. The van der Waals surface area contributed by atoms with Crippen molar-refractivity contribution in [1.82, 2.24) is 14.9 Å². The monoisotopic (exact) mass is 584 g/mol. The van der Waals surface area contributed by atoms with E-state index in [1.165, 1.54) is 32.3 Å². The van der Waals surface area contributed by atoms with Crippen LogP contribution in [0.2, 0.25) is 5.02 Å². The van der Waals surface area contributed by atoms with Gasteiger partial charge in [0.2, 0.25) is 0 Å². The fraction of sp³-hybridized carbons (Fsp3) is 0.440. The zero-order valence-corrected chi connectivity index (χ0v) is 22.7. The number of benzene rings is 2. The molecule has 35 heavy (non-hydrogen) atoms. The Morgan fingerprint density at radius 3 is 2.60 bits per heavy atom. The number of hydrogen-bond donors (Lipinski definition) is 1. The molecule has 10 heteroatoms. The topological polar surface area (TPSA) is 59.5 Å². The summed E-state index contributed by atoms with van der Waals surface area (Å²) < 4.78 is 27.0. The second kappa shape index (κ2) is 11.0. The zero-order chi connectivity index (χ0) is 23.8. The lowest BCUT2D eigenvalue weighted by Crippen LogP contribution is -2.22. The molecule has 0 radical (unpaired) electrons. The fourth-order valence-electron chi connectivity index (χ4n) is 5.31. The number of likely N-dealkylation sites (tertiary alicyclic amines) is 1. The number of nitrogens with zero attached hydrogens (tertiary/aromatic N) is 3. The first-order valence-corrected chi connectivity index (χ1v) is 12.7. The first-order chi connectivity index (χ1) is 16.5. The number of fused-ring (bicyclic) bond motifs is 2. The van der Waals surface area contributed by atoms with Gasteiger partial charge in [0.05, 0.1) is 29.9 Å². The van der Waals surface area contributed by atoms with Gasteiger partial charge in [0.1, 0.15) is 12.1 Å². The Labute approximate surface area is 224 Å². The SMILES string of the molecule is CCN1C[C@H]2C[C@H](COc3cc4ncnc(Nc5ccc(Br)c(Cl)c5F)c4cc3OC)C[C@H]2C1.Cl. The molecule has 3 atom stereocenters. The number of rotatable bonds is 7. The average molecular weight is 586 g/mol. The van der Waals surface area contributed by atoms with Crippen molar-refractivity contribution < 1.29 is 13.9 Å². The molecule has 6 nitrogen and oxygen atoms in total. The van der Waals surface area contributed by atoms with Gasteiger partial charge < -0.3 is 19.7 Å². The molecule has 1 saturated carbocycles. The minimum Gasteiger partial charge on any atom is -0.493 e. The average Bonchev–Trinajstić information content (AvgIpc) is 3.41. The van der Waals surface area contributed by atoms with E-state index in [4.69, 9.17) is 21.1 Å². The van der Waals surface area contributed by atoms with Gasteiger partial charge in [-0.3, -0.25) is 0 Å². The summed E-state index contributed by atoms with van der Waals surface area (Å²) >= 11 is 9.27. The number of nitrogens with one attached hydrogen (secondary N) is 1. The number of methoxy groups -OCH3 is 1. The molecule has 188 valence electrons. The van der Waals surface area contributed by atoms with Crippen LogP contribution in [0.5, 0.6) is 11.5 Å². The lowest BCUT2D eigenvalue weighted by Gasteiger charge is -2.18. The van der Waals surface area contributed by atoms with Crippen LogP contribution in [-0.2, 0) is 0 Å². The van der Waals surface area contributed by atoms with Crippen LogP contribution in [-0.4, -0.2) is 48.2 Å². The van der Waals surface area contributed by atoms with E-state index in [1.807, 2.05) is 12.1 Å². The second-order valence-corrected chi connectivity index (χ2v) is 10.3. The minimum atomic E-state index is -0.557. The first kappa shape index (κ1) is 26.2. The van der Waals surface area contributed by atoms with Crippen LogP contribution in [0.15, 0.2) is 35.1 Å². The number of halogens is 4. The number of aromatic nitrogens is 2. The highest BCUT2D eigenvalue weighted by atomic mass is 79.9. The second-order valence-electron chi connectivity index (χ2n) is 9.11. The molecular weight excluding hydrogens is 558 g/mol. The molecular formula is C25H28BrCl2FN4O2. The molecule has 0 spiro atoms. The standard InChI is InChI=1S/C25H27BrClFN4O2.ClH/c1-3-32-10-15-6-14(7-16(15)11-32)12-34-22-9-20-17(8-21(22)33-2)25(30-13-29-20)31-19-5-4-18(26)23(27)24(19)28;/h4-5,8-9,13-16H,3,6-7,10-12H2,1-2H3,(H,29,30,31);1H/t14-,15+,16-;. The molecule has 2 aromatic carbocycles. The van der Waals surface area contributed by atoms with Crippen molar-refractivity contribution in [3.63, 3.8) is 0 Å². The van der Waals surface area contributed by atoms with Gasteiger partial charge in [0.25, 0.3) is 0 Å². The molecule has 2 heterocycles. The molecule has 0 bridgehead atoms. The molecule has 1 saturated heterocycles. The van der Waals surface area contributed by atoms with Gasteiger partial charge in [0, 0.05) is 29.0 Å². The van der Waals surface area contributed by atoms with Crippen molar-refractivity contribution in [2.75, 3.05) is 38.7 Å². The van der Waals surface area contributed by atoms with E-state index in [0.29, 0.717) is 45.2 Å². The highest BCUT2D eigenvalue weighted by Crippen LogP contribution is 2.42. The summed E-state index contributed by atoms with van der Waals surface area (Å²) in [4.78, 5) is 11.3. The van der Waals surface area contributed by atoms with E-state index in [2.05, 4.69) is 43.0 Å². The van der Waals surface area contributed by atoms with Gasteiger partial charge in [0.15, 0.2) is 17.3 Å². The number of ether oxygens (including phenoxy) is 2. The van der Waals surface area contributed by atoms with Crippen molar-refractivity contribution in [2.24, 2.45) is 17.8 Å². The Bertz CT molecular complexity index is 1200. The van der Waals surface area contributed by atoms with Gasteiger partial charge in [-0.15, -0.1) is 12.4 Å². The summed E-state index contributed by atoms with van der Waals surface area (Å²) in [7, 11) is 1.61. The summed E-state index contributed by atoms with van der Waals surface area (Å²) in [5.41, 5.74) is 0.903. The Morgan fingerprint density at radius 2 is 1.91 bits per heavy atom. The van der Waals surface area contributed by atoms with Crippen molar-refractivity contribution in [3.05, 3.63) is 45.9 Å². The van der Waals surface area contributed by atoms with E-state index >= 15 is 0 Å². The Hall–Kier alpha value is -1.87. The van der Waals surface area contributed by atoms with E-state index in [0.717, 1.165) is 18.4 Å². The van der Waals surface area contributed by atoms with Crippen molar-refractivity contribution in [2.45, 2.75) is 19.8 Å². The van der Waals surface area contributed by atoms with Crippen LogP contribution in [0.1, 0.15) is 19.8 Å². The van der Waals surface area contributed by atoms with Crippen LogP contribution < -0.4 is 14.8 Å². The van der Waals surface area contributed by atoms with Gasteiger partial charge in [-0.1, -0.05) is 18.5 Å². The largest absolute Gasteiger partial charge is 0.493 e. The van der Waals surface area contributed by atoms with Crippen LogP contribution in [0.3, 0.4) is 0 Å². The maximum atomic E-state index is 14.6. The normalized spacial score (nSPS) is 21.6. The van der Waals surface area contributed by atoms with Gasteiger partial charge >= 0.3 is 0 Å². The Balaban J connectivity index is 0.00000289. The van der Waals surface area contributed by atoms with Crippen LogP contribution in [0.25, 0.3) is 10.9 Å². The maximum Gasteiger partial charge on any atom is 0.166 e. The fourth-order valence-corrected chi connectivity index (χ4v) is 5.78. The number of hydrogen-bond acceptors (Lipinski definition) is 6. The molecule has 1 N–H and O–H groups in total. The molecule has 0 unspecified atom stereocenters. The van der Waals surface area contributed by atoms with Crippen LogP contribution in [0, 0.1) is 23.6 Å². The third-order valence-electron chi connectivity index (χ3n) is 7.05. The van der Waals surface area contributed by atoms with E-state index in [9.17, 15) is 4.39 Å².